The van der Waals surface area contributed by atoms with E-state index < -0.39 is 0 Å². The number of para-hydroxylation sites is 1. The van der Waals surface area contributed by atoms with Crippen LogP contribution < -0.4 is 10.1 Å². The summed E-state index contributed by atoms with van der Waals surface area (Å²) in [6.07, 6.45) is 2.46. The summed E-state index contributed by atoms with van der Waals surface area (Å²) in [5.41, 5.74) is 2.04. The van der Waals surface area contributed by atoms with E-state index in [-0.39, 0.29) is 6.04 Å². The van der Waals surface area contributed by atoms with Crippen LogP contribution in [0.1, 0.15) is 24.4 Å². The van der Waals surface area contributed by atoms with Gasteiger partial charge in [-0.2, -0.15) is 0 Å². The summed E-state index contributed by atoms with van der Waals surface area (Å²) in [5, 5.41) is 4.84. The Kier molecular flexibility index (Phi) is 4.27. The van der Waals surface area contributed by atoms with Crippen molar-refractivity contribution in [2.24, 2.45) is 5.92 Å². The summed E-state index contributed by atoms with van der Waals surface area (Å²) >= 11 is 12.5. The Morgan fingerprint density at radius 2 is 1.67 bits per heavy atom. The maximum absolute atomic E-state index is 6.27. The third kappa shape index (κ3) is 3.28. The molecule has 2 nitrogen and oxygen atoms in total. The smallest absolute Gasteiger partial charge is 0.118 e. The molecule has 3 rings (SSSR count). The first-order valence-corrected chi connectivity index (χ1v) is 7.79. The molecule has 1 atom stereocenters. The SMILES string of the molecule is COc1ccc(C(Nc2c(Cl)cccc2Cl)C2CC2)cc1. The summed E-state index contributed by atoms with van der Waals surface area (Å²) in [7, 11) is 1.68. The largest absolute Gasteiger partial charge is 0.497 e. The lowest BCUT2D eigenvalue weighted by Crippen LogP contribution is -2.13. The molecule has 0 amide bonds. The van der Waals surface area contributed by atoms with Gasteiger partial charge in [-0.15, -0.1) is 0 Å². The molecule has 1 N–H and O–H groups in total. The van der Waals surface area contributed by atoms with Crippen LogP contribution in [0.3, 0.4) is 0 Å². The number of hydrogen-bond acceptors (Lipinski definition) is 2. The monoisotopic (exact) mass is 321 g/mol. The fourth-order valence-corrected chi connectivity index (χ4v) is 3.01. The van der Waals surface area contributed by atoms with Crippen molar-refractivity contribution in [3.8, 4) is 5.75 Å². The molecule has 21 heavy (non-hydrogen) atoms. The van der Waals surface area contributed by atoms with Gasteiger partial charge in [0.15, 0.2) is 0 Å². The molecule has 0 bridgehead atoms. The molecule has 1 saturated carbocycles. The molecule has 0 saturated heterocycles. The van der Waals surface area contributed by atoms with Crippen LogP contribution in [0.2, 0.25) is 10.0 Å². The zero-order chi connectivity index (χ0) is 14.8. The Labute approximate surface area is 135 Å². The molecule has 1 unspecified atom stereocenters. The van der Waals surface area contributed by atoms with Crippen molar-refractivity contribution in [2.75, 3.05) is 12.4 Å². The van der Waals surface area contributed by atoms with E-state index in [1.54, 1.807) is 7.11 Å². The fraction of sp³-hybridized carbons (Fsp3) is 0.294. The van der Waals surface area contributed by atoms with E-state index in [9.17, 15) is 0 Å². The zero-order valence-corrected chi connectivity index (χ0v) is 13.3. The topological polar surface area (TPSA) is 21.3 Å². The number of methoxy groups -OCH3 is 1. The lowest BCUT2D eigenvalue weighted by molar-refractivity contribution is 0.414. The summed E-state index contributed by atoms with van der Waals surface area (Å²) < 4.78 is 5.22. The molecule has 0 heterocycles. The Bertz CT molecular complexity index is 603. The Balaban J connectivity index is 1.88. The minimum absolute atomic E-state index is 0.230. The maximum atomic E-state index is 6.27. The van der Waals surface area contributed by atoms with Crippen LogP contribution in [-0.2, 0) is 0 Å². The lowest BCUT2D eigenvalue weighted by atomic mass is 10.0. The van der Waals surface area contributed by atoms with Crippen LogP contribution in [0.5, 0.6) is 5.75 Å². The van der Waals surface area contributed by atoms with Crippen molar-refractivity contribution in [1.82, 2.24) is 0 Å². The molecule has 0 spiro atoms. The standard InChI is InChI=1S/C17H17Cl2NO/c1-21-13-9-7-12(8-10-13)16(11-5-6-11)20-17-14(18)3-2-4-15(17)19/h2-4,7-11,16,20H,5-6H2,1H3. The van der Waals surface area contributed by atoms with Crippen LogP contribution in [0.4, 0.5) is 5.69 Å². The van der Waals surface area contributed by atoms with Crippen molar-refractivity contribution in [3.63, 3.8) is 0 Å². The van der Waals surface area contributed by atoms with Crippen molar-refractivity contribution in [3.05, 3.63) is 58.1 Å². The van der Waals surface area contributed by atoms with Gasteiger partial charge in [0.25, 0.3) is 0 Å². The van der Waals surface area contributed by atoms with Crippen LogP contribution in [0, 0.1) is 5.92 Å². The quantitative estimate of drug-likeness (QED) is 0.777. The number of anilines is 1. The highest BCUT2D eigenvalue weighted by Gasteiger charge is 2.33. The first kappa shape index (κ1) is 14.6. The van der Waals surface area contributed by atoms with Crippen molar-refractivity contribution in [2.45, 2.75) is 18.9 Å². The predicted molar refractivity (Wildman–Crippen MR) is 88.5 cm³/mol. The molecule has 0 radical (unpaired) electrons. The van der Waals surface area contributed by atoms with E-state index in [0.717, 1.165) is 11.4 Å². The molecule has 110 valence electrons. The second-order valence-electron chi connectivity index (χ2n) is 5.33. The summed E-state index contributed by atoms with van der Waals surface area (Å²) in [6, 6.07) is 14.0. The van der Waals surface area contributed by atoms with Gasteiger partial charge >= 0.3 is 0 Å². The minimum Gasteiger partial charge on any atom is -0.497 e. The highest BCUT2D eigenvalue weighted by atomic mass is 35.5. The lowest BCUT2D eigenvalue weighted by Gasteiger charge is -2.22. The van der Waals surface area contributed by atoms with E-state index in [0.29, 0.717) is 16.0 Å². The van der Waals surface area contributed by atoms with Gasteiger partial charge in [-0.3, -0.25) is 0 Å². The molecule has 4 heteroatoms. The molecule has 0 aromatic heterocycles. The Morgan fingerprint density at radius 1 is 1.05 bits per heavy atom. The van der Waals surface area contributed by atoms with E-state index in [4.69, 9.17) is 27.9 Å². The van der Waals surface area contributed by atoms with E-state index in [1.807, 2.05) is 30.3 Å². The molecule has 1 aliphatic carbocycles. The van der Waals surface area contributed by atoms with Crippen molar-refractivity contribution < 1.29 is 4.74 Å². The zero-order valence-electron chi connectivity index (χ0n) is 11.8. The summed E-state index contributed by atoms with van der Waals surface area (Å²) in [4.78, 5) is 0. The van der Waals surface area contributed by atoms with E-state index >= 15 is 0 Å². The molecular weight excluding hydrogens is 305 g/mol. The van der Waals surface area contributed by atoms with Crippen molar-refractivity contribution in [1.29, 1.82) is 0 Å². The van der Waals surface area contributed by atoms with Gasteiger partial charge in [-0.05, 0) is 48.6 Å². The molecule has 1 aliphatic rings. The van der Waals surface area contributed by atoms with Crippen molar-refractivity contribution >= 4 is 28.9 Å². The number of hydrogen-bond donors (Lipinski definition) is 1. The summed E-state index contributed by atoms with van der Waals surface area (Å²) in [6.45, 7) is 0. The molecule has 2 aromatic carbocycles. The number of nitrogens with one attached hydrogen (secondary N) is 1. The van der Waals surface area contributed by atoms with Crippen LogP contribution >= 0.6 is 23.2 Å². The highest BCUT2D eigenvalue weighted by Crippen LogP contribution is 2.45. The van der Waals surface area contributed by atoms with Gasteiger partial charge in [-0.1, -0.05) is 41.4 Å². The molecule has 0 aliphatic heterocycles. The van der Waals surface area contributed by atoms with Gasteiger partial charge in [-0.25, -0.2) is 0 Å². The molecule has 1 fully saturated rings. The van der Waals surface area contributed by atoms with Gasteiger partial charge in [0.05, 0.1) is 28.9 Å². The number of benzene rings is 2. The average Bonchev–Trinajstić information content (AvgIpc) is 3.32. The van der Waals surface area contributed by atoms with E-state index in [1.165, 1.54) is 18.4 Å². The third-order valence-corrected chi connectivity index (χ3v) is 4.46. The first-order chi connectivity index (χ1) is 10.2. The van der Waals surface area contributed by atoms with Crippen LogP contribution in [-0.4, -0.2) is 7.11 Å². The van der Waals surface area contributed by atoms with Crippen LogP contribution in [0.15, 0.2) is 42.5 Å². The normalized spacial score (nSPS) is 15.6. The van der Waals surface area contributed by atoms with Crippen LogP contribution in [0.25, 0.3) is 0 Å². The highest BCUT2D eigenvalue weighted by molar-refractivity contribution is 6.39. The van der Waals surface area contributed by atoms with Gasteiger partial charge in [0.1, 0.15) is 5.75 Å². The predicted octanol–water partition coefficient (Wildman–Crippen LogP) is 5.57. The molecule has 2 aromatic rings. The second kappa shape index (κ2) is 6.17. The second-order valence-corrected chi connectivity index (χ2v) is 6.14. The average molecular weight is 322 g/mol. The van der Waals surface area contributed by atoms with Gasteiger partial charge in [0, 0.05) is 0 Å². The summed E-state index contributed by atoms with van der Waals surface area (Å²) in [5.74, 6) is 1.50. The third-order valence-electron chi connectivity index (χ3n) is 3.83. The Hall–Kier alpha value is -1.38. The van der Waals surface area contributed by atoms with E-state index in [2.05, 4.69) is 17.4 Å². The number of ether oxygens (including phenoxy) is 1. The maximum Gasteiger partial charge on any atom is 0.118 e. The Morgan fingerprint density at radius 3 is 2.19 bits per heavy atom. The first-order valence-electron chi connectivity index (χ1n) is 7.03. The number of rotatable bonds is 5. The molecular formula is C17H17Cl2NO. The minimum atomic E-state index is 0.230. The number of halogens is 2. The van der Waals surface area contributed by atoms with Gasteiger partial charge < -0.3 is 10.1 Å². The van der Waals surface area contributed by atoms with Gasteiger partial charge in [0.2, 0.25) is 0 Å². The fourth-order valence-electron chi connectivity index (χ4n) is 2.51.